The second kappa shape index (κ2) is 5.95. The van der Waals surface area contributed by atoms with Crippen molar-refractivity contribution >= 4 is 23.1 Å². The van der Waals surface area contributed by atoms with Gasteiger partial charge in [-0.25, -0.2) is 9.97 Å². The Balaban J connectivity index is 1.73. The topological polar surface area (TPSA) is 65.4 Å². The number of aromatic nitrogens is 3. The Morgan fingerprint density at radius 1 is 1.48 bits per heavy atom. The predicted octanol–water partition coefficient (Wildman–Crippen LogP) is 1.45. The molecule has 7 heteroatoms. The van der Waals surface area contributed by atoms with E-state index in [1.165, 1.54) is 0 Å². The van der Waals surface area contributed by atoms with Gasteiger partial charge in [0, 0.05) is 37.4 Å². The van der Waals surface area contributed by atoms with E-state index in [1.54, 1.807) is 17.5 Å². The van der Waals surface area contributed by atoms with E-state index >= 15 is 0 Å². The van der Waals surface area contributed by atoms with Crippen molar-refractivity contribution in [1.82, 2.24) is 15.0 Å². The normalized spacial score (nSPS) is 18.2. The molecule has 1 unspecified atom stereocenters. The van der Waals surface area contributed by atoms with Crippen LogP contribution in [0.25, 0.3) is 0 Å². The maximum absolute atomic E-state index is 9.63. The molecule has 6 nitrogen and oxygen atoms in total. The third kappa shape index (κ3) is 3.30. The second-order valence-corrected chi connectivity index (χ2v) is 6.28. The van der Waals surface area contributed by atoms with Gasteiger partial charge in [0.2, 0.25) is 5.95 Å². The zero-order chi connectivity index (χ0) is 14.8. The van der Waals surface area contributed by atoms with Crippen molar-refractivity contribution in [3.63, 3.8) is 0 Å². The zero-order valence-electron chi connectivity index (χ0n) is 12.2. The molecular formula is C14H19N5OS. The minimum atomic E-state index is -0.251. The summed E-state index contributed by atoms with van der Waals surface area (Å²) in [5.74, 6) is 1.56. The van der Waals surface area contributed by atoms with Crippen molar-refractivity contribution in [3.05, 3.63) is 28.3 Å². The molecule has 0 radical (unpaired) electrons. The summed E-state index contributed by atoms with van der Waals surface area (Å²) in [6.45, 7) is 4.18. The first-order valence-electron chi connectivity index (χ1n) is 7.00. The lowest BCUT2D eigenvalue weighted by Crippen LogP contribution is -2.24. The molecule has 3 rings (SSSR count). The SMILES string of the molecule is Cc1csc(CN(C)c2nccc(N3CCC(O)C3)n2)n1. The minimum Gasteiger partial charge on any atom is -0.391 e. The fourth-order valence-corrected chi connectivity index (χ4v) is 3.22. The van der Waals surface area contributed by atoms with Crippen LogP contribution in [0.3, 0.4) is 0 Å². The van der Waals surface area contributed by atoms with Gasteiger partial charge in [-0.3, -0.25) is 0 Å². The Morgan fingerprint density at radius 2 is 2.33 bits per heavy atom. The first kappa shape index (κ1) is 14.2. The Hall–Kier alpha value is -1.73. The lowest BCUT2D eigenvalue weighted by Gasteiger charge is -2.20. The van der Waals surface area contributed by atoms with Crippen LogP contribution >= 0.6 is 11.3 Å². The van der Waals surface area contributed by atoms with Crippen LogP contribution in [-0.4, -0.2) is 46.3 Å². The van der Waals surface area contributed by atoms with E-state index < -0.39 is 0 Å². The van der Waals surface area contributed by atoms with Gasteiger partial charge in [-0.2, -0.15) is 4.98 Å². The van der Waals surface area contributed by atoms with Crippen molar-refractivity contribution < 1.29 is 5.11 Å². The fourth-order valence-electron chi connectivity index (χ4n) is 2.40. The first-order chi connectivity index (χ1) is 10.1. The molecule has 1 saturated heterocycles. The quantitative estimate of drug-likeness (QED) is 0.922. The molecule has 2 aromatic rings. The highest BCUT2D eigenvalue weighted by molar-refractivity contribution is 7.09. The summed E-state index contributed by atoms with van der Waals surface area (Å²) in [5, 5.41) is 12.7. The highest BCUT2D eigenvalue weighted by atomic mass is 32.1. The molecule has 1 fully saturated rings. The molecule has 0 amide bonds. The minimum absolute atomic E-state index is 0.251. The van der Waals surface area contributed by atoms with E-state index in [4.69, 9.17) is 0 Å². The largest absolute Gasteiger partial charge is 0.391 e. The van der Waals surface area contributed by atoms with Crippen LogP contribution in [0.1, 0.15) is 17.1 Å². The average molecular weight is 305 g/mol. The summed E-state index contributed by atoms with van der Waals surface area (Å²) < 4.78 is 0. The number of aliphatic hydroxyl groups excluding tert-OH is 1. The zero-order valence-corrected chi connectivity index (χ0v) is 13.0. The van der Waals surface area contributed by atoms with Crippen LogP contribution in [0, 0.1) is 6.92 Å². The number of rotatable bonds is 4. The van der Waals surface area contributed by atoms with Crippen molar-refractivity contribution in [1.29, 1.82) is 0 Å². The maximum Gasteiger partial charge on any atom is 0.227 e. The third-order valence-electron chi connectivity index (χ3n) is 3.50. The van der Waals surface area contributed by atoms with Crippen LogP contribution < -0.4 is 9.80 Å². The van der Waals surface area contributed by atoms with Gasteiger partial charge in [0.05, 0.1) is 12.6 Å². The number of anilines is 2. The Labute approximate surface area is 128 Å². The van der Waals surface area contributed by atoms with Crippen molar-refractivity contribution in [2.75, 3.05) is 29.9 Å². The molecule has 0 spiro atoms. The molecule has 3 heterocycles. The van der Waals surface area contributed by atoms with Gasteiger partial charge in [0.15, 0.2) is 0 Å². The number of aryl methyl sites for hydroxylation is 1. The van der Waals surface area contributed by atoms with Crippen molar-refractivity contribution in [2.24, 2.45) is 0 Å². The molecule has 2 aromatic heterocycles. The van der Waals surface area contributed by atoms with Crippen LogP contribution in [-0.2, 0) is 6.54 Å². The van der Waals surface area contributed by atoms with E-state index in [0.717, 1.165) is 29.5 Å². The van der Waals surface area contributed by atoms with Gasteiger partial charge in [-0.15, -0.1) is 11.3 Å². The fraction of sp³-hybridized carbons (Fsp3) is 0.500. The molecular weight excluding hydrogens is 286 g/mol. The molecule has 0 aliphatic carbocycles. The summed E-state index contributed by atoms with van der Waals surface area (Å²) in [7, 11) is 1.97. The summed E-state index contributed by atoms with van der Waals surface area (Å²) in [4.78, 5) is 17.5. The van der Waals surface area contributed by atoms with Gasteiger partial charge in [-0.1, -0.05) is 0 Å². The molecule has 0 bridgehead atoms. The predicted molar refractivity (Wildman–Crippen MR) is 83.8 cm³/mol. The van der Waals surface area contributed by atoms with E-state index in [1.807, 2.05) is 30.3 Å². The molecule has 112 valence electrons. The van der Waals surface area contributed by atoms with E-state index in [-0.39, 0.29) is 6.10 Å². The molecule has 0 aromatic carbocycles. The highest BCUT2D eigenvalue weighted by Gasteiger charge is 2.22. The number of thiazole rings is 1. The summed E-state index contributed by atoms with van der Waals surface area (Å²) in [5.41, 5.74) is 1.05. The second-order valence-electron chi connectivity index (χ2n) is 5.34. The molecule has 1 N–H and O–H groups in total. The molecule has 1 aliphatic rings. The molecule has 1 atom stereocenters. The first-order valence-corrected chi connectivity index (χ1v) is 7.88. The number of nitrogens with zero attached hydrogens (tertiary/aromatic N) is 5. The van der Waals surface area contributed by atoms with Crippen molar-refractivity contribution in [2.45, 2.75) is 26.0 Å². The van der Waals surface area contributed by atoms with Gasteiger partial charge in [-0.05, 0) is 19.4 Å². The lowest BCUT2D eigenvalue weighted by molar-refractivity contribution is 0.198. The van der Waals surface area contributed by atoms with Gasteiger partial charge >= 0.3 is 0 Å². The van der Waals surface area contributed by atoms with Gasteiger partial charge in [0.25, 0.3) is 0 Å². The van der Waals surface area contributed by atoms with Crippen LogP contribution in [0.5, 0.6) is 0 Å². The number of aliphatic hydroxyl groups is 1. The standard InChI is InChI=1S/C14H19N5OS/c1-10-9-21-13(16-10)8-18(2)14-15-5-3-12(17-14)19-6-4-11(20)7-19/h3,5,9,11,20H,4,6-8H2,1-2H3. The third-order valence-corrected chi connectivity index (χ3v) is 4.45. The van der Waals surface area contributed by atoms with Gasteiger partial charge < -0.3 is 14.9 Å². The van der Waals surface area contributed by atoms with Crippen LogP contribution in [0.4, 0.5) is 11.8 Å². The molecule has 21 heavy (non-hydrogen) atoms. The Morgan fingerprint density at radius 3 is 3.00 bits per heavy atom. The monoisotopic (exact) mass is 305 g/mol. The Bertz CT molecular complexity index is 617. The number of hydrogen-bond donors (Lipinski definition) is 1. The molecule has 1 aliphatic heterocycles. The van der Waals surface area contributed by atoms with Crippen molar-refractivity contribution in [3.8, 4) is 0 Å². The van der Waals surface area contributed by atoms with E-state index in [0.29, 0.717) is 19.0 Å². The highest BCUT2D eigenvalue weighted by Crippen LogP contribution is 2.20. The summed E-state index contributed by atoms with van der Waals surface area (Å²) >= 11 is 1.65. The van der Waals surface area contributed by atoms with E-state index in [2.05, 4.69) is 19.9 Å². The average Bonchev–Trinajstić information content (AvgIpc) is 3.08. The Kier molecular flexibility index (Phi) is 4.03. The smallest absolute Gasteiger partial charge is 0.227 e. The number of β-amino-alcohol motifs (C(OH)–C–C–N with tert-alkyl or cyclic N) is 1. The van der Waals surface area contributed by atoms with E-state index in [9.17, 15) is 5.11 Å². The lowest BCUT2D eigenvalue weighted by atomic mass is 10.3. The number of hydrogen-bond acceptors (Lipinski definition) is 7. The van der Waals surface area contributed by atoms with Gasteiger partial charge in [0.1, 0.15) is 10.8 Å². The molecule has 0 saturated carbocycles. The summed E-state index contributed by atoms with van der Waals surface area (Å²) in [6, 6.07) is 1.89. The summed E-state index contributed by atoms with van der Waals surface area (Å²) in [6.07, 6.45) is 2.32. The van der Waals surface area contributed by atoms with Crippen LogP contribution in [0.2, 0.25) is 0 Å². The van der Waals surface area contributed by atoms with Crippen LogP contribution in [0.15, 0.2) is 17.6 Å². The maximum atomic E-state index is 9.63.